The number of thioether (sulfide) groups is 1. The number of ether oxygens (including phenoxy) is 1. The number of esters is 1. The van der Waals surface area contributed by atoms with Crippen molar-refractivity contribution in [2.75, 3.05) is 19.3 Å². The van der Waals surface area contributed by atoms with Crippen LogP contribution in [0.25, 0.3) is 0 Å². The monoisotopic (exact) mass is 511 g/mol. The van der Waals surface area contributed by atoms with E-state index in [-0.39, 0.29) is 18.5 Å². The Morgan fingerprint density at radius 3 is 2.45 bits per heavy atom. The molecule has 3 rings (SSSR count). The summed E-state index contributed by atoms with van der Waals surface area (Å²) in [6, 6.07) is 11.4. The average Bonchev–Trinajstić information content (AvgIpc) is 2.93. The maximum atomic E-state index is 12.9. The van der Waals surface area contributed by atoms with E-state index in [0.29, 0.717) is 17.3 Å². The Morgan fingerprint density at radius 2 is 1.82 bits per heavy atom. The molecule has 1 heterocycles. The molecule has 0 saturated carbocycles. The second kappa shape index (κ2) is 10.8. The van der Waals surface area contributed by atoms with Crippen LogP contribution in [-0.4, -0.2) is 39.3 Å². The largest absolute Gasteiger partial charge is 0.459 e. The second-order valence-corrected chi connectivity index (χ2v) is 12.1. The van der Waals surface area contributed by atoms with Crippen molar-refractivity contribution in [3.63, 3.8) is 0 Å². The van der Waals surface area contributed by atoms with Crippen LogP contribution in [-0.2, 0) is 42.6 Å². The van der Waals surface area contributed by atoms with Crippen LogP contribution in [0, 0.1) is 0 Å². The average molecular weight is 512 g/mol. The molecule has 0 radical (unpaired) electrons. The lowest BCUT2D eigenvalue weighted by Gasteiger charge is -2.25. The van der Waals surface area contributed by atoms with Crippen LogP contribution >= 0.6 is 23.4 Å². The number of hydrogen-bond donors (Lipinski definition) is 1. The molecule has 1 atom stereocenters. The SMILES string of the molecule is CC(C)(C)OC(=O)C1CNCCc2c1ccc(Cl)c2SCc1ccc(COS(C)(=O)=O)cc1. The highest BCUT2D eigenvalue weighted by atomic mass is 35.5. The molecule has 0 aromatic heterocycles. The molecule has 2 aromatic carbocycles. The summed E-state index contributed by atoms with van der Waals surface area (Å²) in [5.74, 6) is 0.0734. The Kier molecular flexibility index (Phi) is 8.50. The number of rotatable bonds is 7. The van der Waals surface area contributed by atoms with E-state index in [9.17, 15) is 13.2 Å². The van der Waals surface area contributed by atoms with Crippen molar-refractivity contribution in [2.45, 2.75) is 56.0 Å². The van der Waals surface area contributed by atoms with Gasteiger partial charge in [-0.15, -0.1) is 11.8 Å². The summed E-state index contributed by atoms with van der Waals surface area (Å²) in [7, 11) is -3.47. The molecule has 0 amide bonds. The third kappa shape index (κ3) is 7.72. The molecular weight excluding hydrogens is 482 g/mol. The van der Waals surface area contributed by atoms with Crippen LogP contribution in [0.2, 0.25) is 5.02 Å². The summed E-state index contributed by atoms with van der Waals surface area (Å²) in [5, 5.41) is 4.02. The molecular formula is C24H30ClNO5S2. The Morgan fingerprint density at radius 1 is 1.15 bits per heavy atom. The van der Waals surface area contributed by atoms with Gasteiger partial charge in [0.1, 0.15) is 5.60 Å². The number of fused-ring (bicyclic) bond motifs is 1. The third-order valence-electron chi connectivity index (χ3n) is 5.06. The Labute approximate surface area is 205 Å². The molecule has 9 heteroatoms. The van der Waals surface area contributed by atoms with Crippen molar-refractivity contribution in [1.82, 2.24) is 5.32 Å². The minimum atomic E-state index is -3.47. The van der Waals surface area contributed by atoms with E-state index in [1.54, 1.807) is 11.8 Å². The van der Waals surface area contributed by atoms with Crippen LogP contribution in [0.3, 0.4) is 0 Å². The van der Waals surface area contributed by atoms with Crippen LogP contribution < -0.4 is 5.32 Å². The van der Waals surface area contributed by atoms with E-state index in [2.05, 4.69) is 5.32 Å². The smallest absolute Gasteiger partial charge is 0.315 e. The van der Waals surface area contributed by atoms with Crippen molar-refractivity contribution in [1.29, 1.82) is 0 Å². The number of halogens is 1. The van der Waals surface area contributed by atoms with Crippen LogP contribution in [0.5, 0.6) is 0 Å². The predicted octanol–water partition coefficient (Wildman–Crippen LogP) is 4.68. The first-order chi connectivity index (χ1) is 15.4. The van der Waals surface area contributed by atoms with Gasteiger partial charge in [0.05, 0.1) is 23.8 Å². The van der Waals surface area contributed by atoms with Crippen LogP contribution in [0.15, 0.2) is 41.3 Å². The first-order valence-corrected chi connectivity index (χ1v) is 13.9. The predicted molar refractivity (Wildman–Crippen MR) is 132 cm³/mol. The molecule has 180 valence electrons. The lowest BCUT2D eigenvalue weighted by atomic mass is 9.93. The summed E-state index contributed by atoms with van der Waals surface area (Å²) in [5.41, 5.74) is 3.37. The zero-order chi connectivity index (χ0) is 24.2. The van der Waals surface area contributed by atoms with Gasteiger partial charge in [-0.2, -0.15) is 8.42 Å². The van der Waals surface area contributed by atoms with Crippen molar-refractivity contribution in [3.05, 3.63) is 63.7 Å². The maximum Gasteiger partial charge on any atom is 0.315 e. The summed E-state index contributed by atoms with van der Waals surface area (Å²) >= 11 is 8.23. The fraction of sp³-hybridized carbons (Fsp3) is 0.458. The fourth-order valence-electron chi connectivity index (χ4n) is 3.57. The Balaban J connectivity index is 1.78. The topological polar surface area (TPSA) is 81.7 Å². The van der Waals surface area contributed by atoms with Gasteiger partial charge < -0.3 is 10.1 Å². The van der Waals surface area contributed by atoms with Gasteiger partial charge in [-0.1, -0.05) is 41.9 Å². The molecule has 1 aliphatic rings. The van der Waals surface area contributed by atoms with Gasteiger partial charge in [0.2, 0.25) is 0 Å². The van der Waals surface area contributed by atoms with Crippen molar-refractivity contribution in [3.8, 4) is 0 Å². The van der Waals surface area contributed by atoms with E-state index in [1.807, 2.05) is 57.2 Å². The molecule has 0 spiro atoms. The van der Waals surface area contributed by atoms with Gasteiger partial charge in [-0.3, -0.25) is 8.98 Å². The highest BCUT2D eigenvalue weighted by Crippen LogP contribution is 2.39. The fourth-order valence-corrected chi connectivity index (χ4v) is 5.36. The number of nitrogens with one attached hydrogen (secondary N) is 1. The normalized spacial score (nSPS) is 16.7. The van der Waals surface area contributed by atoms with Crippen molar-refractivity contribution in [2.24, 2.45) is 0 Å². The molecule has 33 heavy (non-hydrogen) atoms. The van der Waals surface area contributed by atoms with Gasteiger partial charge in [0, 0.05) is 17.2 Å². The molecule has 6 nitrogen and oxygen atoms in total. The van der Waals surface area contributed by atoms with E-state index >= 15 is 0 Å². The molecule has 0 bridgehead atoms. The zero-order valence-electron chi connectivity index (χ0n) is 19.3. The van der Waals surface area contributed by atoms with Gasteiger partial charge in [0.25, 0.3) is 10.1 Å². The summed E-state index contributed by atoms with van der Waals surface area (Å²) in [6.07, 6.45) is 1.81. The summed E-state index contributed by atoms with van der Waals surface area (Å²) in [6.45, 7) is 6.93. The van der Waals surface area contributed by atoms with Gasteiger partial charge >= 0.3 is 5.97 Å². The van der Waals surface area contributed by atoms with Gasteiger partial charge in [-0.25, -0.2) is 0 Å². The Hall–Kier alpha value is -1.58. The molecule has 1 aliphatic heterocycles. The number of carbonyl (C=O) groups excluding carboxylic acids is 1. The molecule has 0 aliphatic carbocycles. The lowest BCUT2D eigenvalue weighted by Crippen LogP contribution is -2.32. The highest BCUT2D eigenvalue weighted by molar-refractivity contribution is 7.98. The summed E-state index contributed by atoms with van der Waals surface area (Å²) < 4.78 is 32.8. The number of carbonyl (C=O) groups is 1. The third-order valence-corrected chi connectivity index (χ3v) is 7.27. The molecule has 0 saturated heterocycles. The van der Waals surface area contributed by atoms with E-state index < -0.39 is 15.7 Å². The first kappa shape index (κ1) is 26.0. The molecule has 2 aromatic rings. The Bertz CT molecular complexity index is 1100. The minimum Gasteiger partial charge on any atom is -0.459 e. The molecule has 0 fully saturated rings. The van der Waals surface area contributed by atoms with E-state index in [0.717, 1.165) is 46.4 Å². The molecule has 1 unspecified atom stereocenters. The van der Waals surface area contributed by atoms with Crippen LogP contribution in [0.4, 0.5) is 0 Å². The summed E-state index contributed by atoms with van der Waals surface area (Å²) in [4.78, 5) is 13.9. The van der Waals surface area contributed by atoms with Gasteiger partial charge in [0.15, 0.2) is 0 Å². The minimum absolute atomic E-state index is 0.0172. The first-order valence-electron chi connectivity index (χ1n) is 10.7. The quantitative estimate of drug-likeness (QED) is 0.328. The maximum absolute atomic E-state index is 12.9. The number of hydrogen-bond acceptors (Lipinski definition) is 7. The molecule has 1 N–H and O–H groups in total. The van der Waals surface area contributed by atoms with E-state index in [1.165, 1.54) is 0 Å². The standard InChI is InChI=1S/C24H30ClNO5S2/c1-24(2,3)31-23(27)20-13-26-12-11-19-18(20)9-10-21(25)22(19)32-15-17-7-5-16(6-8-17)14-30-33(4,28)29/h5-10,20,26H,11-15H2,1-4H3. The zero-order valence-corrected chi connectivity index (χ0v) is 21.7. The van der Waals surface area contributed by atoms with E-state index in [4.69, 9.17) is 20.5 Å². The second-order valence-electron chi connectivity index (χ2n) is 9.06. The van der Waals surface area contributed by atoms with Crippen LogP contribution in [0.1, 0.15) is 48.9 Å². The number of benzene rings is 2. The van der Waals surface area contributed by atoms with Gasteiger partial charge in [-0.05, 0) is 62.1 Å². The van der Waals surface area contributed by atoms with Crippen molar-refractivity contribution < 1.29 is 22.1 Å². The van der Waals surface area contributed by atoms with Crippen molar-refractivity contribution >= 4 is 39.5 Å². The lowest BCUT2D eigenvalue weighted by molar-refractivity contribution is -0.156. The highest BCUT2D eigenvalue weighted by Gasteiger charge is 2.31.